The molecule has 34 heavy (non-hydrogen) atoms. The summed E-state index contributed by atoms with van der Waals surface area (Å²) in [6.45, 7) is 0.222. The zero-order valence-corrected chi connectivity index (χ0v) is 19.3. The van der Waals surface area contributed by atoms with Crippen LogP contribution in [0.1, 0.15) is 16.8 Å². The van der Waals surface area contributed by atoms with E-state index in [0.29, 0.717) is 12.1 Å². The van der Waals surface area contributed by atoms with E-state index >= 15 is 0 Å². The first-order chi connectivity index (χ1) is 16.7. The van der Waals surface area contributed by atoms with Gasteiger partial charge >= 0.3 is 5.97 Å². The van der Waals surface area contributed by atoms with Gasteiger partial charge in [0, 0.05) is 21.9 Å². The average molecular weight is 466 g/mol. The zero-order valence-electron chi connectivity index (χ0n) is 18.5. The summed E-state index contributed by atoms with van der Waals surface area (Å²) in [6, 6.07) is 33.7. The molecule has 0 aromatic heterocycles. The average Bonchev–Trinajstić information content (AvgIpc) is 2.90. The molecular weight excluding hydrogens is 442 g/mol. The van der Waals surface area contributed by atoms with Gasteiger partial charge in [0.25, 0.3) is 0 Å². The molecule has 168 valence electrons. The van der Waals surface area contributed by atoms with Crippen LogP contribution in [0.5, 0.6) is 0 Å². The summed E-state index contributed by atoms with van der Waals surface area (Å²) in [7, 11) is 0. The van der Waals surface area contributed by atoms with Crippen LogP contribution in [0.3, 0.4) is 0 Å². The lowest BCUT2D eigenvalue weighted by atomic mass is 10.0. The Morgan fingerprint density at radius 1 is 0.676 bits per heavy atom. The van der Waals surface area contributed by atoms with Gasteiger partial charge in [-0.3, -0.25) is 9.59 Å². The normalized spacial score (nSPS) is 11.9. The van der Waals surface area contributed by atoms with E-state index in [2.05, 4.69) is 29.2 Å². The predicted molar refractivity (Wildman–Crippen MR) is 136 cm³/mol. The van der Waals surface area contributed by atoms with Crippen LogP contribution in [0.25, 0.3) is 11.1 Å². The molecule has 0 fully saturated rings. The Morgan fingerprint density at radius 2 is 1.24 bits per heavy atom. The highest BCUT2D eigenvalue weighted by Gasteiger charge is 2.23. The Labute approximate surface area is 203 Å². The van der Waals surface area contributed by atoms with Gasteiger partial charge in [0.2, 0.25) is 0 Å². The number of ether oxygens (including phenoxy) is 1. The minimum atomic E-state index is -0.387. The van der Waals surface area contributed by atoms with Gasteiger partial charge in [0.1, 0.15) is 0 Å². The quantitative estimate of drug-likeness (QED) is 0.223. The molecule has 1 heterocycles. The number of nitrogens with zero attached hydrogens (tertiary/aromatic N) is 1. The maximum absolute atomic E-state index is 12.5. The van der Waals surface area contributed by atoms with Crippen molar-refractivity contribution < 1.29 is 14.3 Å². The fourth-order valence-corrected chi connectivity index (χ4v) is 5.10. The summed E-state index contributed by atoms with van der Waals surface area (Å²) in [5, 5.41) is 0. The molecule has 1 aliphatic rings. The van der Waals surface area contributed by atoms with Gasteiger partial charge in [-0.05, 0) is 35.4 Å². The fraction of sp³-hybridized carbons (Fsp3) is 0.103. The van der Waals surface area contributed by atoms with Crippen molar-refractivity contribution in [3.05, 3.63) is 109 Å². The van der Waals surface area contributed by atoms with Crippen molar-refractivity contribution in [2.45, 2.75) is 16.2 Å². The SMILES string of the molecule is O=C(CCN1c2ccccc2Sc2ccccc21)OCC(=O)c1ccc(-c2ccccc2)cc1. The van der Waals surface area contributed by atoms with Crippen LogP contribution >= 0.6 is 11.8 Å². The number of hydrogen-bond donors (Lipinski definition) is 0. The van der Waals surface area contributed by atoms with Crippen LogP contribution in [0.4, 0.5) is 11.4 Å². The van der Waals surface area contributed by atoms with E-state index in [-0.39, 0.29) is 24.8 Å². The van der Waals surface area contributed by atoms with Crippen LogP contribution in [-0.4, -0.2) is 24.9 Å². The summed E-state index contributed by atoms with van der Waals surface area (Å²) < 4.78 is 5.32. The summed E-state index contributed by atoms with van der Waals surface area (Å²) >= 11 is 1.73. The second-order valence-electron chi connectivity index (χ2n) is 7.97. The Balaban J connectivity index is 1.19. The second kappa shape index (κ2) is 9.98. The molecule has 0 N–H and O–H groups in total. The molecule has 0 amide bonds. The van der Waals surface area contributed by atoms with Crippen LogP contribution < -0.4 is 4.90 Å². The van der Waals surface area contributed by atoms with Crippen molar-refractivity contribution in [3.8, 4) is 11.1 Å². The zero-order chi connectivity index (χ0) is 23.3. The number of rotatable bonds is 7. The number of esters is 1. The molecule has 0 saturated heterocycles. The summed E-state index contributed by atoms with van der Waals surface area (Å²) in [6.07, 6.45) is 0.188. The van der Waals surface area contributed by atoms with Gasteiger partial charge in [-0.1, -0.05) is 90.6 Å². The Morgan fingerprint density at radius 3 is 1.88 bits per heavy atom. The van der Waals surface area contributed by atoms with Gasteiger partial charge in [-0.15, -0.1) is 0 Å². The molecule has 0 radical (unpaired) electrons. The first-order valence-electron chi connectivity index (χ1n) is 11.2. The molecular formula is C29H23NO3S. The predicted octanol–water partition coefficient (Wildman–Crippen LogP) is 6.77. The molecule has 4 aromatic rings. The third-order valence-electron chi connectivity index (χ3n) is 5.75. The molecule has 4 aromatic carbocycles. The minimum Gasteiger partial charge on any atom is -0.457 e. The highest BCUT2D eigenvalue weighted by Crippen LogP contribution is 2.47. The van der Waals surface area contributed by atoms with E-state index in [4.69, 9.17) is 4.74 Å². The van der Waals surface area contributed by atoms with Crippen molar-refractivity contribution in [1.29, 1.82) is 0 Å². The highest BCUT2D eigenvalue weighted by atomic mass is 32.2. The molecule has 4 nitrogen and oxygen atoms in total. The lowest BCUT2D eigenvalue weighted by molar-refractivity contribution is -0.142. The largest absolute Gasteiger partial charge is 0.457 e. The Bertz CT molecular complexity index is 1270. The van der Waals surface area contributed by atoms with Crippen molar-refractivity contribution in [3.63, 3.8) is 0 Å². The lowest BCUT2D eigenvalue weighted by Gasteiger charge is -2.32. The number of para-hydroxylation sites is 2. The number of ketones is 1. The van der Waals surface area contributed by atoms with E-state index in [0.717, 1.165) is 32.3 Å². The standard InChI is InChI=1S/C29H23NO3S/c31-26(23-16-14-22(15-17-23)21-8-2-1-3-9-21)20-33-29(32)18-19-30-24-10-4-6-12-27(24)34-28-13-7-5-11-25(28)30/h1-17H,18-20H2. The van der Waals surface area contributed by atoms with Gasteiger partial charge in [0.05, 0.1) is 17.8 Å². The van der Waals surface area contributed by atoms with Gasteiger partial charge in [-0.25, -0.2) is 0 Å². The summed E-state index contributed by atoms with van der Waals surface area (Å²) in [5.74, 6) is -0.597. The van der Waals surface area contributed by atoms with Crippen LogP contribution in [-0.2, 0) is 9.53 Å². The molecule has 0 spiro atoms. The number of carbonyl (C=O) groups excluding carboxylic acids is 2. The molecule has 0 bridgehead atoms. The summed E-state index contributed by atoms with van der Waals surface area (Å²) in [5.41, 5.74) is 4.81. The van der Waals surface area contributed by atoms with E-state index in [1.54, 1.807) is 23.9 Å². The van der Waals surface area contributed by atoms with Crippen LogP contribution in [0.15, 0.2) is 113 Å². The molecule has 0 saturated carbocycles. The number of benzene rings is 4. The fourth-order valence-electron chi connectivity index (χ4n) is 4.01. The number of hydrogen-bond acceptors (Lipinski definition) is 5. The summed E-state index contributed by atoms with van der Waals surface area (Å²) in [4.78, 5) is 29.5. The number of fused-ring (bicyclic) bond motifs is 2. The van der Waals surface area contributed by atoms with Crippen molar-refractivity contribution in [1.82, 2.24) is 0 Å². The number of Topliss-reactive ketones (excluding diaryl/α,β-unsaturated/α-hetero) is 1. The third-order valence-corrected chi connectivity index (χ3v) is 6.88. The molecule has 0 aliphatic carbocycles. The maximum atomic E-state index is 12.5. The van der Waals surface area contributed by atoms with Gasteiger partial charge in [-0.2, -0.15) is 0 Å². The van der Waals surface area contributed by atoms with E-state index in [9.17, 15) is 9.59 Å². The minimum absolute atomic E-state index is 0.188. The molecule has 0 unspecified atom stereocenters. The number of anilines is 2. The van der Waals surface area contributed by atoms with Crippen molar-refractivity contribution in [2.24, 2.45) is 0 Å². The van der Waals surface area contributed by atoms with Crippen LogP contribution in [0.2, 0.25) is 0 Å². The van der Waals surface area contributed by atoms with Gasteiger partial charge in [0.15, 0.2) is 12.4 Å². The second-order valence-corrected chi connectivity index (χ2v) is 9.05. The molecule has 5 rings (SSSR count). The highest BCUT2D eigenvalue weighted by molar-refractivity contribution is 7.99. The monoisotopic (exact) mass is 465 g/mol. The Hall–Kier alpha value is -3.83. The first kappa shape index (κ1) is 22.0. The van der Waals surface area contributed by atoms with Crippen molar-refractivity contribution in [2.75, 3.05) is 18.1 Å². The third kappa shape index (κ3) is 4.75. The molecule has 0 atom stereocenters. The molecule has 5 heteroatoms. The van der Waals surface area contributed by atoms with Gasteiger partial charge < -0.3 is 9.64 Å². The van der Waals surface area contributed by atoms with Crippen LogP contribution in [0, 0.1) is 0 Å². The maximum Gasteiger partial charge on any atom is 0.308 e. The number of carbonyl (C=O) groups is 2. The smallest absolute Gasteiger partial charge is 0.308 e. The Kier molecular flexibility index (Phi) is 6.45. The van der Waals surface area contributed by atoms with E-state index in [1.807, 2.05) is 66.7 Å². The van der Waals surface area contributed by atoms with E-state index < -0.39 is 0 Å². The lowest BCUT2D eigenvalue weighted by Crippen LogP contribution is -2.25. The molecule has 1 aliphatic heterocycles. The van der Waals surface area contributed by atoms with Crippen molar-refractivity contribution >= 4 is 34.9 Å². The topological polar surface area (TPSA) is 46.6 Å². The first-order valence-corrected chi connectivity index (χ1v) is 12.0. The van der Waals surface area contributed by atoms with E-state index in [1.165, 1.54) is 0 Å².